The molecule has 0 bridgehead atoms. The summed E-state index contributed by atoms with van der Waals surface area (Å²) in [5.41, 5.74) is 5.97. The third kappa shape index (κ3) is 16.7. The summed E-state index contributed by atoms with van der Waals surface area (Å²) in [5.74, 6) is 0.0840. The van der Waals surface area contributed by atoms with Crippen LogP contribution in [-0.2, 0) is 39.6 Å². The Kier molecular flexibility index (Phi) is 21.4. The van der Waals surface area contributed by atoms with Crippen LogP contribution in [-0.4, -0.2) is 115 Å². The first kappa shape index (κ1) is 44.3. The Hall–Kier alpha value is -3.37. The Morgan fingerprint density at radius 2 is 1.22 bits per heavy atom. The number of hydrogen-bond donors (Lipinski definition) is 2. The first-order valence-corrected chi connectivity index (χ1v) is 25.6. The van der Waals surface area contributed by atoms with Gasteiger partial charge in [-0.3, -0.25) is 4.79 Å². The Morgan fingerprint density at radius 3 is 1.84 bits per heavy atom. The summed E-state index contributed by atoms with van der Waals surface area (Å²) in [6, 6.07) is 29.1. The second kappa shape index (κ2) is 26.5. The van der Waals surface area contributed by atoms with E-state index in [-0.39, 0.29) is 17.9 Å². The maximum Gasteiger partial charge on any atom is 0.407 e. The maximum atomic E-state index is 12.6. The van der Waals surface area contributed by atoms with Crippen LogP contribution in [0, 0.1) is 0 Å². The average molecular weight is 793 g/mol. The molecular formula is C43H64N2O8Si2. The van der Waals surface area contributed by atoms with Gasteiger partial charge in [0.1, 0.15) is 6.61 Å². The van der Waals surface area contributed by atoms with E-state index in [2.05, 4.69) is 97.4 Å². The standard InChI is InChI=1S/C43H64N2O8Si2/c1-4-19-48-21-23-50-25-27-52-28-26-51-24-22-49-20-18-44-42(46)33-35-11-9-12-36(32-35)55(3)31-30-54(2)29-10-17-45-43(47)53-34-41-39-15-7-5-13-37(39)38-14-6-8-16-40(38)41/h5-9,11-16,32,41,54-55H,4,10,17-31,33-34H2,1-3H3,(H,44,46)(H,45,47). The molecule has 0 fully saturated rings. The molecule has 12 heteroatoms. The fourth-order valence-corrected chi connectivity index (χ4v) is 13.5. The number of alkyl carbamates (subject to hydrolysis) is 1. The second-order valence-electron chi connectivity index (χ2n) is 14.3. The highest BCUT2D eigenvalue weighted by molar-refractivity contribution is 6.73. The lowest BCUT2D eigenvalue weighted by Gasteiger charge is -2.16. The zero-order chi connectivity index (χ0) is 38.9. The van der Waals surface area contributed by atoms with E-state index in [1.54, 1.807) is 0 Å². The molecule has 0 saturated heterocycles. The highest BCUT2D eigenvalue weighted by Crippen LogP contribution is 2.44. The lowest BCUT2D eigenvalue weighted by atomic mass is 9.98. The van der Waals surface area contributed by atoms with E-state index in [0.717, 1.165) is 25.0 Å². The van der Waals surface area contributed by atoms with E-state index in [1.807, 2.05) is 6.07 Å². The molecule has 302 valence electrons. The molecule has 1 aliphatic carbocycles. The summed E-state index contributed by atoms with van der Waals surface area (Å²) >= 11 is 0. The molecule has 0 heterocycles. The maximum absolute atomic E-state index is 12.6. The Labute approximate surface area is 332 Å². The van der Waals surface area contributed by atoms with Crippen molar-refractivity contribution in [3.63, 3.8) is 0 Å². The molecule has 10 nitrogen and oxygen atoms in total. The number of nitrogens with one attached hydrogen (secondary N) is 2. The minimum atomic E-state index is -1.11. The van der Waals surface area contributed by atoms with Gasteiger partial charge >= 0.3 is 6.09 Å². The van der Waals surface area contributed by atoms with Gasteiger partial charge in [-0.15, -0.1) is 0 Å². The Balaban J connectivity index is 0.981. The molecule has 0 saturated carbocycles. The van der Waals surface area contributed by atoms with Crippen molar-refractivity contribution in [1.82, 2.24) is 10.6 Å². The number of carbonyl (C=O) groups is 2. The molecule has 4 rings (SSSR count). The van der Waals surface area contributed by atoms with Crippen molar-refractivity contribution < 1.29 is 38.0 Å². The van der Waals surface area contributed by atoms with Crippen LogP contribution in [0.3, 0.4) is 0 Å². The molecule has 0 spiro atoms. The summed E-state index contributed by atoms with van der Waals surface area (Å²) < 4.78 is 33.1. The molecular weight excluding hydrogens is 729 g/mol. The van der Waals surface area contributed by atoms with Crippen LogP contribution in [0.1, 0.15) is 42.4 Å². The van der Waals surface area contributed by atoms with Crippen LogP contribution < -0.4 is 15.8 Å². The molecule has 0 radical (unpaired) electrons. The second-order valence-corrected chi connectivity index (χ2v) is 20.7. The van der Waals surface area contributed by atoms with Gasteiger partial charge in [0.2, 0.25) is 5.91 Å². The molecule has 2 amide bonds. The van der Waals surface area contributed by atoms with Gasteiger partial charge in [0.15, 0.2) is 0 Å². The van der Waals surface area contributed by atoms with Gasteiger partial charge in [-0.25, -0.2) is 4.79 Å². The van der Waals surface area contributed by atoms with Crippen molar-refractivity contribution in [2.45, 2.75) is 63.3 Å². The zero-order valence-electron chi connectivity index (χ0n) is 33.4. The fourth-order valence-electron chi connectivity index (χ4n) is 6.78. The lowest BCUT2D eigenvalue weighted by molar-refractivity contribution is -0.120. The van der Waals surface area contributed by atoms with Crippen LogP contribution in [0.5, 0.6) is 0 Å². The summed E-state index contributed by atoms with van der Waals surface area (Å²) in [4.78, 5) is 25.1. The fraction of sp³-hybridized carbons (Fsp3) is 0.535. The summed E-state index contributed by atoms with van der Waals surface area (Å²) in [6.45, 7) is 13.9. The van der Waals surface area contributed by atoms with Crippen molar-refractivity contribution >= 4 is 34.8 Å². The Morgan fingerprint density at radius 1 is 0.636 bits per heavy atom. The number of rotatable bonds is 29. The predicted molar refractivity (Wildman–Crippen MR) is 225 cm³/mol. The molecule has 2 N–H and O–H groups in total. The van der Waals surface area contributed by atoms with Crippen molar-refractivity contribution in [2.75, 3.05) is 85.8 Å². The van der Waals surface area contributed by atoms with E-state index >= 15 is 0 Å². The lowest BCUT2D eigenvalue weighted by Crippen LogP contribution is -2.31. The molecule has 2 atom stereocenters. The smallest absolute Gasteiger partial charge is 0.407 e. The van der Waals surface area contributed by atoms with E-state index < -0.39 is 17.6 Å². The number of benzene rings is 3. The minimum absolute atomic E-state index is 0.00801. The quantitative estimate of drug-likeness (QED) is 0.0682. The molecule has 2 unspecified atom stereocenters. The van der Waals surface area contributed by atoms with E-state index in [1.165, 1.54) is 45.6 Å². The van der Waals surface area contributed by atoms with Crippen molar-refractivity contribution in [1.29, 1.82) is 0 Å². The number of ether oxygens (including phenoxy) is 6. The van der Waals surface area contributed by atoms with Crippen molar-refractivity contribution in [3.05, 3.63) is 89.5 Å². The normalized spacial score (nSPS) is 13.2. The van der Waals surface area contributed by atoms with Gasteiger partial charge in [-0.05, 0) is 40.7 Å². The van der Waals surface area contributed by atoms with E-state index in [9.17, 15) is 9.59 Å². The molecule has 0 aliphatic heterocycles. The van der Waals surface area contributed by atoms with E-state index in [0.29, 0.717) is 85.6 Å². The van der Waals surface area contributed by atoms with Gasteiger partial charge in [0, 0.05) is 34.4 Å². The summed E-state index contributed by atoms with van der Waals surface area (Å²) in [7, 11) is -1.99. The summed E-state index contributed by atoms with van der Waals surface area (Å²) in [6.07, 6.45) is 2.04. The van der Waals surface area contributed by atoms with Gasteiger partial charge in [0.05, 0.1) is 74.7 Å². The Bertz CT molecular complexity index is 1500. The van der Waals surface area contributed by atoms with Crippen LogP contribution in [0.15, 0.2) is 72.8 Å². The van der Waals surface area contributed by atoms with Crippen molar-refractivity contribution in [2.24, 2.45) is 0 Å². The van der Waals surface area contributed by atoms with Gasteiger partial charge in [-0.1, -0.05) is 116 Å². The minimum Gasteiger partial charge on any atom is -0.449 e. The van der Waals surface area contributed by atoms with Gasteiger partial charge < -0.3 is 39.1 Å². The van der Waals surface area contributed by atoms with Crippen LogP contribution in [0.25, 0.3) is 11.1 Å². The molecule has 55 heavy (non-hydrogen) atoms. The first-order valence-electron chi connectivity index (χ1n) is 20.3. The monoisotopic (exact) mass is 792 g/mol. The topological polar surface area (TPSA) is 114 Å². The molecule has 1 aliphatic rings. The van der Waals surface area contributed by atoms with Gasteiger partial charge in [-0.2, -0.15) is 0 Å². The molecule has 3 aromatic carbocycles. The van der Waals surface area contributed by atoms with Crippen LogP contribution in [0.4, 0.5) is 4.79 Å². The third-order valence-electron chi connectivity index (χ3n) is 9.87. The highest BCUT2D eigenvalue weighted by Gasteiger charge is 2.29. The third-order valence-corrected chi connectivity index (χ3v) is 15.9. The summed E-state index contributed by atoms with van der Waals surface area (Å²) in [5, 5.41) is 7.36. The molecule has 3 aromatic rings. The largest absolute Gasteiger partial charge is 0.449 e. The zero-order valence-corrected chi connectivity index (χ0v) is 35.7. The van der Waals surface area contributed by atoms with Gasteiger partial charge in [0.25, 0.3) is 0 Å². The number of carbonyl (C=O) groups excluding carboxylic acids is 2. The first-order chi connectivity index (χ1) is 27.0. The van der Waals surface area contributed by atoms with Crippen LogP contribution in [0.2, 0.25) is 31.2 Å². The molecule has 0 aromatic heterocycles. The number of fused-ring (bicyclic) bond motifs is 3. The number of amides is 2. The van der Waals surface area contributed by atoms with Crippen molar-refractivity contribution in [3.8, 4) is 11.1 Å². The highest BCUT2D eigenvalue weighted by atomic mass is 28.3. The number of hydrogen-bond acceptors (Lipinski definition) is 8. The van der Waals surface area contributed by atoms with E-state index in [4.69, 9.17) is 28.4 Å². The van der Waals surface area contributed by atoms with Crippen LogP contribution >= 0.6 is 0 Å². The SMILES string of the molecule is CCCOCCOCCOCCOCCOCCNC(=O)Cc1cccc([SiH](C)CC[SiH](C)CCCNC(=O)OCC2c3ccccc3-c3ccccc32)c1. The predicted octanol–water partition coefficient (Wildman–Crippen LogP) is 5.69. The average Bonchev–Trinajstić information content (AvgIpc) is 3.52.